The molecule has 4 rings (SSSR count). The summed E-state index contributed by atoms with van der Waals surface area (Å²) in [5.41, 5.74) is 2.10. The molecule has 0 aliphatic carbocycles. The van der Waals surface area contributed by atoms with E-state index in [9.17, 15) is 4.79 Å². The summed E-state index contributed by atoms with van der Waals surface area (Å²) in [6, 6.07) is 22.8. The van der Waals surface area contributed by atoms with Crippen LogP contribution < -0.4 is 23.7 Å². The maximum Gasteiger partial charge on any atom is 0.342 e. The number of benzene rings is 4. The van der Waals surface area contributed by atoms with Crippen LogP contribution in [0.15, 0.2) is 72.8 Å². The molecule has 7 heteroatoms. The predicted molar refractivity (Wildman–Crippen MR) is 141 cm³/mol. The van der Waals surface area contributed by atoms with Crippen LogP contribution in [-0.2, 0) is 18.0 Å². The molecule has 7 nitrogen and oxygen atoms in total. The summed E-state index contributed by atoms with van der Waals surface area (Å²) < 4.78 is 35.1. The molecular weight excluding hydrogens is 472 g/mol. The third-order valence-corrected chi connectivity index (χ3v) is 5.81. The first-order valence-corrected chi connectivity index (χ1v) is 11.9. The van der Waals surface area contributed by atoms with Crippen molar-refractivity contribution in [1.29, 1.82) is 0 Å². The van der Waals surface area contributed by atoms with Gasteiger partial charge in [-0.15, -0.1) is 0 Å². The van der Waals surface area contributed by atoms with Gasteiger partial charge < -0.3 is 28.4 Å². The summed E-state index contributed by atoms with van der Waals surface area (Å²) >= 11 is 0. The molecule has 0 radical (unpaired) electrons. The Bertz CT molecular complexity index is 1350. The summed E-state index contributed by atoms with van der Waals surface area (Å²) in [5.74, 6) is 1.41. The minimum absolute atomic E-state index is 0.207. The number of hydrogen-bond acceptors (Lipinski definition) is 7. The number of ether oxygens (including phenoxy) is 6. The first-order valence-electron chi connectivity index (χ1n) is 11.9. The molecule has 0 fully saturated rings. The quantitative estimate of drug-likeness (QED) is 0.226. The van der Waals surface area contributed by atoms with Crippen molar-refractivity contribution in [1.82, 2.24) is 0 Å². The molecule has 0 saturated carbocycles. The van der Waals surface area contributed by atoms with Gasteiger partial charge >= 0.3 is 5.97 Å². The van der Waals surface area contributed by atoms with Gasteiger partial charge in [-0.25, -0.2) is 4.79 Å². The largest absolute Gasteiger partial charge is 0.496 e. The number of fused-ring (bicyclic) bond motifs is 1. The van der Waals surface area contributed by atoms with Crippen molar-refractivity contribution in [3.05, 3.63) is 89.5 Å². The van der Waals surface area contributed by atoms with Crippen LogP contribution in [0.4, 0.5) is 0 Å². The van der Waals surface area contributed by atoms with Gasteiger partial charge in [0.05, 0.1) is 33.3 Å². The van der Waals surface area contributed by atoms with Gasteiger partial charge in [0, 0.05) is 11.5 Å². The molecule has 0 spiro atoms. The van der Waals surface area contributed by atoms with E-state index in [0.717, 1.165) is 11.1 Å². The van der Waals surface area contributed by atoms with E-state index in [4.69, 9.17) is 28.4 Å². The molecular formula is C30H30O7. The van der Waals surface area contributed by atoms with Crippen LogP contribution in [0, 0.1) is 0 Å². The molecule has 192 valence electrons. The molecule has 4 aromatic rings. The molecule has 0 atom stereocenters. The first kappa shape index (κ1) is 25.7. The van der Waals surface area contributed by atoms with Gasteiger partial charge in [-0.1, -0.05) is 60.7 Å². The van der Waals surface area contributed by atoms with E-state index >= 15 is 0 Å². The summed E-state index contributed by atoms with van der Waals surface area (Å²) in [6.45, 7) is 2.40. The van der Waals surface area contributed by atoms with Crippen LogP contribution in [-0.4, -0.2) is 33.9 Å². The maximum atomic E-state index is 13.2. The molecule has 0 aliphatic rings. The molecule has 4 aromatic carbocycles. The Morgan fingerprint density at radius 1 is 0.676 bits per heavy atom. The zero-order chi connectivity index (χ0) is 26.2. The Morgan fingerprint density at radius 3 is 1.76 bits per heavy atom. The van der Waals surface area contributed by atoms with Gasteiger partial charge in [0.15, 0.2) is 23.0 Å². The maximum absolute atomic E-state index is 13.2. The van der Waals surface area contributed by atoms with Crippen LogP contribution in [0.2, 0.25) is 0 Å². The van der Waals surface area contributed by atoms with Crippen molar-refractivity contribution in [2.75, 3.05) is 27.9 Å². The van der Waals surface area contributed by atoms with E-state index in [1.165, 1.54) is 0 Å². The highest BCUT2D eigenvalue weighted by molar-refractivity contribution is 6.07. The number of rotatable bonds is 11. The Kier molecular flexibility index (Phi) is 8.36. The third-order valence-electron chi connectivity index (χ3n) is 5.81. The topological polar surface area (TPSA) is 72.5 Å². The van der Waals surface area contributed by atoms with E-state index in [1.807, 2.05) is 60.7 Å². The van der Waals surface area contributed by atoms with Crippen LogP contribution >= 0.6 is 0 Å². The monoisotopic (exact) mass is 502 g/mol. The second kappa shape index (κ2) is 12.0. The Balaban J connectivity index is 1.98. The zero-order valence-electron chi connectivity index (χ0n) is 21.4. The van der Waals surface area contributed by atoms with Crippen molar-refractivity contribution in [2.24, 2.45) is 0 Å². The Labute approximate surface area is 216 Å². The number of carbonyl (C=O) groups is 1. The standard InChI is InChI=1S/C30H30O7/c1-5-35-30(31)23-16-22-24(32-2)17-25(33-3)28(34-4)26(22)29(37-19-21-14-10-7-11-15-21)27(23)36-18-20-12-8-6-9-13-20/h6-17H,5,18-19H2,1-4H3. The Hall–Kier alpha value is -4.39. The minimum Gasteiger partial charge on any atom is -0.496 e. The van der Waals surface area contributed by atoms with Crippen LogP contribution in [0.1, 0.15) is 28.4 Å². The van der Waals surface area contributed by atoms with E-state index in [1.54, 1.807) is 40.4 Å². The van der Waals surface area contributed by atoms with Crippen molar-refractivity contribution in [2.45, 2.75) is 20.1 Å². The van der Waals surface area contributed by atoms with Gasteiger partial charge in [-0.05, 0) is 24.1 Å². The SMILES string of the molecule is CCOC(=O)c1cc2c(OC)cc(OC)c(OC)c2c(OCc2ccccc2)c1OCc1ccccc1. The van der Waals surface area contributed by atoms with Gasteiger partial charge in [0.2, 0.25) is 0 Å². The average Bonchev–Trinajstić information content (AvgIpc) is 2.94. The number of hydrogen-bond donors (Lipinski definition) is 0. The van der Waals surface area contributed by atoms with Crippen LogP contribution in [0.5, 0.6) is 28.7 Å². The second-order valence-corrected chi connectivity index (χ2v) is 8.09. The number of carbonyl (C=O) groups excluding carboxylic acids is 1. The fourth-order valence-electron chi connectivity index (χ4n) is 4.07. The van der Waals surface area contributed by atoms with Crippen molar-refractivity contribution >= 4 is 16.7 Å². The summed E-state index contributed by atoms with van der Waals surface area (Å²) in [6.07, 6.45) is 0. The zero-order valence-corrected chi connectivity index (χ0v) is 21.4. The first-order chi connectivity index (χ1) is 18.1. The van der Waals surface area contributed by atoms with E-state index < -0.39 is 5.97 Å². The molecule has 37 heavy (non-hydrogen) atoms. The summed E-state index contributed by atoms with van der Waals surface area (Å²) in [7, 11) is 4.65. The highest BCUT2D eigenvalue weighted by Crippen LogP contribution is 2.51. The lowest BCUT2D eigenvalue weighted by atomic mass is 10.0. The number of methoxy groups -OCH3 is 3. The van der Waals surface area contributed by atoms with Crippen LogP contribution in [0.3, 0.4) is 0 Å². The molecule has 0 unspecified atom stereocenters. The molecule has 0 heterocycles. The van der Waals surface area contributed by atoms with Gasteiger partial charge in [-0.2, -0.15) is 0 Å². The average molecular weight is 503 g/mol. The molecule has 0 saturated heterocycles. The van der Waals surface area contributed by atoms with Crippen molar-refractivity contribution in [3.8, 4) is 28.7 Å². The molecule has 0 bridgehead atoms. The molecule has 0 aromatic heterocycles. The van der Waals surface area contributed by atoms with E-state index in [2.05, 4.69) is 0 Å². The second-order valence-electron chi connectivity index (χ2n) is 8.09. The lowest BCUT2D eigenvalue weighted by Crippen LogP contribution is -2.11. The Morgan fingerprint density at radius 2 is 1.24 bits per heavy atom. The lowest BCUT2D eigenvalue weighted by molar-refractivity contribution is 0.0520. The van der Waals surface area contributed by atoms with Crippen molar-refractivity contribution in [3.63, 3.8) is 0 Å². The summed E-state index contributed by atoms with van der Waals surface area (Å²) in [4.78, 5) is 13.2. The smallest absolute Gasteiger partial charge is 0.342 e. The molecule has 0 amide bonds. The highest BCUT2D eigenvalue weighted by atomic mass is 16.5. The van der Waals surface area contributed by atoms with Gasteiger partial charge in [-0.3, -0.25) is 0 Å². The van der Waals surface area contributed by atoms with Crippen LogP contribution in [0.25, 0.3) is 10.8 Å². The number of esters is 1. The molecule has 0 N–H and O–H groups in total. The third kappa shape index (κ3) is 5.56. The van der Waals surface area contributed by atoms with Gasteiger partial charge in [0.1, 0.15) is 24.5 Å². The minimum atomic E-state index is -0.533. The van der Waals surface area contributed by atoms with Gasteiger partial charge in [0.25, 0.3) is 0 Å². The molecule has 0 aliphatic heterocycles. The van der Waals surface area contributed by atoms with Crippen molar-refractivity contribution < 1.29 is 33.2 Å². The lowest BCUT2D eigenvalue weighted by Gasteiger charge is -2.22. The van der Waals surface area contributed by atoms with E-state index in [0.29, 0.717) is 33.8 Å². The fourth-order valence-corrected chi connectivity index (χ4v) is 4.07. The predicted octanol–water partition coefficient (Wildman–Crippen LogP) is 6.20. The normalized spacial score (nSPS) is 10.6. The fraction of sp³-hybridized carbons (Fsp3) is 0.233. The summed E-state index contributed by atoms with van der Waals surface area (Å²) in [5, 5.41) is 1.16. The van der Waals surface area contributed by atoms with E-state index in [-0.39, 0.29) is 31.1 Å². The highest BCUT2D eigenvalue weighted by Gasteiger charge is 2.28.